The number of hydrogen-bond acceptors (Lipinski definition) is 1. The second-order valence-electron chi connectivity index (χ2n) is 2.34. The number of alkyl halides is 1. The summed E-state index contributed by atoms with van der Waals surface area (Å²) in [6.45, 7) is 3.91. The van der Waals surface area contributed by atoms with E-state index in [1.165, 1.54) is 0 Å². The maximum atomic E-state index is 10.3. The van der Waals surface area contributed by atoms with E-state index in [0.29, 0.717) is 6.16 Å². The van der Waals surface area contributed by atoms with Crippen LogP contribution in [0.15, 0.2) is 0 Å². The van der Waals surface area contributed by atoms with E-state index in [1.54, 1.807) is 0 Å². The van der Waals surface area contributed by atoms with Crippen molar-refractivity contribution in [3.05, 3.63) is 0 Å². The quantitative estimate of drug-likeness (QED) is 0.577. The third-order valence-corrected chi connectivity index (χ3v) is 3.70. The lowest BCUT2D eigenvalue weighted by molar-refractivity contribution is 0.494. The van der Waals surface area contributed by atoms with Crippen molar-refractivity contribution in [3.8, 4) is 0 Å². The third-order valence-electron chi connectivity index (χ3n) is 1.26. The summed E-state index contributed by atoms with van der Waals surface area (Å²) in [6.07, 6.45) is 1.25. The van der Waals surface area contributed by atoms with E-state index in [0.717, 1.165) is 6.42 Å². The fourth-order valence-electron chi connectivity index (χ4n) is 0.440. The second kappa shape index (κ2) is 3.75. The topological polar surface area (TPSA) is 37.3 Å². The van der Waals surface area contributed by atoms with Gasteiger partial charge >= 0.3 is 0 Å². The van der Waals surface area contributed by atoms with Crippen molar-refractivity contribution in [2.45, 2.75) is 24.6 Å². The zero-order valence-electron chi connectivity index (χ0n) is 5.65. The van der Waals surface area contributed by atoms with Gasteiger partial charge < -0.3 is 4.89 Å². The summed E-state index contributed by atoms with van der Waals surface area (Å²) in [5.74, 6) is 0. The Kier molecular flexibility index (Phi) is 4.02. The predicted octanol–water partition coefficient (Wildman–Crippen LogP) is 2.02. The molecule has 2 unspecified atom stereocenters. The Labute approximate surface area is 64.7 Å². The maximum absolute atomic E-state index is 10.3. The molecule has 56 valence electrons. The normalized spacial score (nSPS) is 20.9. The molecule has 0 bridgehead atoms. The van der Waals surface area contributed by atoms with Crippen LogP contribution >= 0.6 is 24.0 Å². The molecule has 0 aromatic carbocycles. The Morgan fingerprint density at radius 3 is 2.33 bits per heavy atom. The smallest absolute Gasteiger partial charge is 0.190 e. The van der Waals surface area contributed by atoms with Crippen molar-refractivity contribution < 1.29 is 9.46 Å². The molecule has 0 amide bonds. The van der Waals surface area contributed by atoms with Crippen molar-refractivity contribution in [1.29, 1.82) is 0 Å². The van der Waals surface area contributed by atoms with Gasteiger partial charge in [0, 0.05) is 10.5 Å². The second-order valence-corrected chi connectivity index (χ2v) is 5.39. The summed E-state index contributed by atoms with van der Waals surface area (Å²) in [6, 6.07) is 0. The van der Waals surface area contributed by atoms with E-state index in [9.17, 15) is 4.57 Å². The Balaban J connectivity index is 3.71. The van der Waals surface area contributed by atoms with E-state index >= 15 is 0 Å². The molecule has 1 N–H and O–H groups in total. The van der Waals surface area contributed by atoms with E-state index in [4.69, 9.17) is 4.89 Å². The minimum absolute atomic E-state index is 0.141. The van der Waals surface area contributed by atoms with Gasteiger partial charge in [-0.3, -0.25) is 4.57 Å². The molecule has 0 radical (unpaired) electrons. The van der Waals surface area contributed by atoms with E-state index in [1.807, 2.05) is 13.8 Å². The summed E-state index contributed by atoms with van der Waals surface area (Å²) in [5.41, 5.74) is 0. The molecule has 0 aliphatic carbocycles. The van der Waals surface area contributed by atoms with Gasteiger partial charge in [-0.2, -0.15) is 0 Å². The van der Waals surface area contributed by atoms with Crippen LogP contribution < -0.4 is 0 Å². The molecule has 0 spiro atoms. The first-order valence-corrected chi connectivity index (χ1v) is 5.24. The van der Waals surface area contributed by atoms with Crippen LogP contribution in [0.1, 0.15) is 20.3 Å². The van der Waals surface area contributed by atoms with Gasteiger partial charge in [-0.15, -0.1) is 0 Å². The van der Waals surface area contributed by atoms with Crippen molar-refractivity contribution in [3.63, 3.8) is 0 Å². The molecule has 0 heterocycles. The van der Waals surface area contributed by atoms with Crippen molar-refractivity contribution >= 4 is 24.0 Å². The van der Waals surface area contributed by atoms with Gasteiger partial charge in [0.2, 0.25) is 0 Å². The lowest BCUT2D eigenvalue weighted by Crippen LogP contribution is -2.16. The lowest BCUT2D eigenvalue weighted by atomic mass is 10.2. The molecule has 0 aliphatic heterocycles. The minimum Gasteiger partial charge on any atom is -0.346 e. The lowest BCUT2D eigenvalue weighted by Gasteiger charge is -2.17. The van der Waals surface area contributed by atoms with Crippen molar-refractivity contribution in [2.75, 3.05) is 6.16 Å². The third kappa shape index (κ3) is 5.13. The molecule has 0 aromatic rings. The average molecular weight is 215 g/mol. The Bertz CT molecular complexity index is 114. The van der Waals surface area contributed by atoms with Gasteiger partial charge in [-0.1, -0.05) is 22.9 Å². The molecule has 0 aromatic heterocycles. The summed E-state index contributed by atoms with van der Waals surface area (Å²) < 4.78 is 10.2. The van der Waals surface area contributed by atoms with Gasteiger partial charge in [-0.25, -0.2) is 0 Å². The van der Waals surface area contributed by atoms with Crippen LogP contribution in [0.2, 0.25) is 0 Å². The molecule has 9 heavy (non-hydrogen) atoms. The highest BCUT2D eigenvalue weighted by Crippen LogP contribution is 2.30. The van der Waals surface area contributed by atoms with Gasteiger partial charge in [0.25, 0.3) is 0 Å². The Morgan fingerprint density at radius 1 is 1.78 bits per heavy atom. The van der Waals surface area contributed by atoms with Gasteiger partial charge in [-0.05, 0) is 13.3 Å². The Morgan fingerprint density at radius 2 is 2.22 bits per heavy atom. The molecule has 0 rings (SSSR count). The molecule has 0 saturated heterocycles. The zero-order valence-corrected chi connectivity index (χ0v) is 8.23. The van der Waals surface area contributed by atoms with Gasteiger partial charge in [0.05, 0.1) is 0 Å². The monoisotopic (exact) mass is 214 g/mol. The highest BCUT2D eigenvalue weighted by Gasteiger charge is 2.19. The molecular weight excluding hydrogens is 203 g/mol. The standard InChI is InChI=1S/C5H12BrO2P/c1-3-5(2,6)4-9(7)8/h9H,3-4H2,1-2H3,(H,7,8). The molecule has 2 nitrogen and oxygen atoms in total. The molecular formula is C5H12BrO2P. The highest BCUT2D eigenvalue weighted by atomic mass is 79.9. The van der Waals surface area contributed by atoms with Crippen LogP contribution in [0.3, 0.4) is 0 Å². The van der Waals surface area contributed by atoms with Crippen molar-refractivity contribution in [2.24, 2.45) is 0 Å². The van der Waals surface area contributed by atoms with Gasteiger partial charge in [0.15, 0.2) is 8.03 Å². The molecule has 4 heteroatoms. The van der Waals surface area contributed by atoms with Crippen LogP contribution in [0.5, 0.6) is 0 Å². The SMILES string of the molecule is CCC(C)(Br)C[PH](=O)O. The van der Waals surface area contributed by atoms with Crippen LogP contribution in [0, 0.1) is 0 Å². The van der Waals surface area contributed by atoms with E-state index < -0.39 is 8.03 Å². The largest absolute Gasteiger partial charge is 0.346 e. The Hall–Kier alpha value is 0.670. The molecule has 0 aliphatic rings. The van der Waals surface area contributed by atoms with Crippen LogP contribution in [0.25, 0.3) is 0 Å². The summed E-state index contributed by atoms with van der Waals surface area (Å²) >= 11 is 3.35. The predicted molar refractivity (Wildman–Crippen MR) is 43.7 cm³/mol. The van der Waals surface area contributed by atoms with E-state index in [2.05, 4.69) is 15.9 Å². The first-order chi connectivity index (χ1) is 3.98. The van der Waals surface area contributed by atoms with Crippen LogP contribution in [-0.4, -0.2) is 15.4 Å². The fourth-order valence-corrected chi connectivity index (χ4v) is 2.04. The molecule has 2 atom stereocenters. The highest BCUT2D eigenvalue weighted by molar-refractivity contribution is 9.10. The first-order valence-electron chi connectivity index (χ1n) is 2.88. The first kappa shape index (κ1) is 9.67. The zero-order chi connectivity index (χ0) is 7.49. The fraction of sp³-hybridized carbons (Fsp3) is 1.00. The summed E-state index contributed by atoms with van der Waals surface area (Å²) in [4.78, 5) is 8.54. The van der Waals surface area contributed by atoms with Crippen LogP contribution in [0.4, 0.5) is 0 Å². The average Bonchev–Trinajstić information content (AvgIpc) is 1.63. The maximum Gasteiger partial charge on any atom is 0.190 e. The van der Waals surface area contributed by atoms with Crippen molar-refractivity contribution in [1.82, 2.24) is 0 Å². The minimum atomic E-state index is -2.30. The summed E-state index contributed by atoms with van der Waals surface area (Å²) in [5, 5.41) is 0. The molecule has 0 fully saturated rings. The number of rotatable bonds is 3. The number of halogens is 1. The van der Waals surface area contributed by atoms with Crippen LogP contribution in [-0.2, 0) is 4.57 Å². The summed E-state index contributed by atoms with van der Waals surface area (Å²) in [7, 11) is -2.30. The van der Waals surface area contributed by atoms with E-state index in [-0.39, 0.29) is 4.32 Å². The molecule has 0 saturated carbocycles. The number of hydrogen-bond donors (Lipinski definition) is 1. The van der Waals surface area contributed by atoms with Gasteiger partial charge in [0.1, 0.15) is 0 Å².